The number of amides is 1. The minimum atomic E-state index is -0.542. The van der Waals surface area contributed by atoms with Crippen LogP contribution in [0.25, 0.3) is 0 Å². The summed E-state index contributed by atoms with van der Waals surface area (Å²) in [5.41, 5.74) is 1.07. The van der Waals surface area contributed by atoms with E-state index in [0.29, 0.717) is 36.4 Å². The van der Waals surface area contributed by atoms with E-state index >= 15 is 0 Å². The Hall–Kier alpha value is -1.55. The summed E-state index contributed by atoms with van der Waals surface area (Å²) in [7, 11) is 0. The highest BCUT2D eigenvalue weighted by Gasteiger charge is 2.17. The van der Waals surface area contributed by atoms with Crippen molar-refractivity contribution < 1.29 is 14.3 Å². The number of ketones is 1. The minimum absolute atomic E-state index is 0.0682. The number of alkyl halides is 1. The third-order valence-electron chi connectivity index (χ3n) is 2.96. The molecule has 0 saturated carbocycles. The first kappa shape index (κ1) is 17.5. The van der Waals surface area contributed by atoms with Gasteiger partial charge in [-0.25, -0.2) is 0 Å². The van der Waals surface area contributed by atoms with Gasteiger partial charge in [0.2, 0.25) is 5.91 Å². The molecule has 1 N–H and O–H groups in total. The molecule has 0 saturated heterocycles. The van der Waals surface area contributed by atoms with E-state index in [1.165, 1.54) is 0 Å². The minimum Gasteiger partial charge on any atom is -0.492 e. The average Bonchev–Trinajstić information content (AvgIpc) is 2.48. The number of anilines is 1. The molecule has 4 nitrogen and oxygen atoms in total. The Morgan fingerprint density at radius 3 is 2.57 bits per heavy atom. The topological polar surface area (TPSA) is 55.4 Å². The molecular weight excluding hydrogens is 290 g/mol. The molecule has 1 atom stereocenters. The number of Topliss-reactive ketones (excluding diaryl/α,β-unsaturated/α-hetero) is 1. The molecule has 0 aliphatic carbocycles. The van der Waals surface area contributed by atoms with Crippen LogP contribution in [0.4, 0.5) is 5.69 Å². The second-order valence-electron chi connectivity index (χ2n) is 4.68. The quantitative estimate of drug-likeness (QED) is 0.582. The molecule has 0 heterocycles. The maximum absolute atomic E-state index is 12.1. The molecule has 0 fully saturated rings. The second kappa shape index (κ2) is 8.67. The fraction of sp³-hybridized carbons (Fsp3) is 0.500. The van der Waals surface area contributed by atoms with Crippen LogP contribution in [0.5, 0.6) is 5.75 Å². The highest BCUT2D eigenvalue weighted by molar-refractivity contribution is 6.33. The zero-order valence-electron chi connectivity index (χ0n) is 12.7. The van der Waals surface area contributed by atoms with Gasteiger partial charge >= 0.3 is 0 Å². The van der Waals surface area contributed by atoms with Gasteiger partial charge in [0.05, 0.1) is 17.7 Å². The molecule has 0 aliphatic heterocycles. The zero-order valence-corrected chi connectivity index (χ0v) is 13.5. The van der Waals surface area contributed by atoms with Crippen molar-refractivity contribution in [3.05, 3.63) is 23.8 Å². The molecule has 5 heteroatoms. The van der Waals surface area contributed by atoms with E-state index in [9.17, 15) is 9.59 Å². The van der Waals surface area contributed by atoms with Gasteiger partial charge in [-0.1, -0.05) is 13.8 Å². The molecule has 116 valence electrons. The summed E-state index contributed by atoms with van der Waals surface area (Å²) in [5, 5.41) is 2.26. The fourth-order valence-electron chi connectivity index (χ4n) is 1.86. The van der Waals surface area contributed by atoms with Crippen LogP contribution in [-0.2, 0) is 4.79 Å². The van der Waals surface area contributed by atoms with Crippen LogP contribution in [0.3, 0.4) is 0 Å². The van der Waals surface area contributed by atoms with Gasteiger partial charge in [-0.3, -0.25) is 9.59 Å². The first-order chi connectivity index (χ1) is 10.0. The lowest BCUT2D eigenvalue weighted by Crippen LogP contribution is -2.15. The third-order valence-corrected chi connectivity index (χ3v) is 3.47. The summed E-state index contributed by atoms with van der Waals surface area (Å²) in [6.07, 6.45) is 1.79. The maximum Gasteiger partial charge on any atom is 0.224 e. The van der Waals surface area contributed by atoms with Crippen molar-refractivity contribution in [1.29, 1.82) is 0 Å². The van der Waals surface area contributed by atoms with Crippen molar-refractivity contribution >= 4 is 29.0 Å². The lowest BCUT2D eigenvalue weighted by Gasteiger charge is -2.13. The molecule has 1 aromatic rings. The second-order valence-corrected chi connectivity index (χ2v) is 5.21. The van der Waals surface area contributed by atoms with Crippen molar-refractivity contribution in [2.75, 3.05) is 11.9 Å². The number of hydrogen-bond acceptors (Lipinski definition) is 3. The Morgan fingerprint density at radius 2 is 2.00 bits per heavy atom. The summed E-state index contributed by atoms with van der Waals surface area (Å²) < 4.78 is 5.51. The van der Waals surface area contributed by atoms with E-state index in [4.69, 9.17) is 16.3 Å². The lowest BCUT2D eigenvalue weighted by molar-refractivity contribution is -0.116. The Morgan fingerprint density at radius 1 is 1.29 bits per heavy atom. The molecule has 0 spiro atoms. The number of ether oxygens (including phenoxy) is 1. The largest absolute Gasteiger partial charge is 0.492 e. The van der Waals surface area contributed by atoms with Crippen LogP contribution in [-0.4, -0.2) is 23.7 Å². The number of carbonyl (C=O) groups is 2. The van der Waals surface area contributed by atoms with Gasteiger partial charge in [-0.15, -0.1) is 11.6 Å². The van der Waals surface area contributed by atoms with Crippen molar-refractivity contribution in [3.8, 4) is 5.75 Å². The molecule has 0 radical (unpaired) electrons. The number of benzene rings is 1. The lowest BCUT2D eigenvalue weighted by atomic mass is 10.1. The number of nitrogens with one attached hydrogen (secondary N) is 1. The molecule has 21 heavy (non-hydrogen) atoms. The number of rotatable bonds is 8. The summed E-state index contributed by atoms with van der Waals surface area (Å²) >= 11 is 5.98. The first-order valence-electron chi connectivity index (χ1n) is 7.28. The highest BCUT2D eigenvalue weighted by atomic mass is 35.5. The molecule has 1 rings (SSSR count). The van der Waals surface area contributed by atoms with Crippen LogP contribution in [0.15, 0.2) is 18.2 Å². The highest BCUT2D eigenvalue weighted by Crippen LogP contribution is 2.27. The van der Waals surface area contributed by atoms with Gasteiger partial charge in [0.25, 0.3) is 0 Å². The summed E-state index contributed by atoms with van der Waals surface area (Å²) in [4.78, 5) is 23.8. The van der Waals surface area contributed by atoms with Crippen molar-refractivity contribution in [2.24, 2.45) is 0 Å². The Kier molecular flexibility index (Phi) is 7.23. The van der Waals surface area contributed by atoms with Gasteiger partial charge < -0.3 is 10.1 Å². The van der Waals surface area contributed by atoms with E-state index in [0.717, 1.165) is 6.42 Å². The summed E-state index contributed by atoms with van der Waals surface area (Å²) in [6, 6.07) is 4.99. The van der Waals surface area contributed by atoms with Crippen molar-refractivity contribution in [2.45, 2.75) is 45.4 Å². The van der Waals surface area contributed by atoms with E-state index < -0.39 is 5.38 Å². The number of hydrogen-bond donors (Lipinski definition) is 1. The predicted molar refractivity (Wildman–Crippen MR) is 85.4 cm³/mol. The maximum atomic E-state index is 12.1. The van der Waals surface area contributed by atoms with Crippen LogP contribution in [0, 0.1) is 0 Å². The normalized spacial score (nSPS) is 11.8. The molecule has 0 aliphatic rings. The fourth-order valence-corrected chi connectivity index (χ4v) is 1.99. The van der Waals surface area contributed by atoms with Gasteiger partial charge in [0.15, 0.2) is 5.78 Å². The monoisotopic (exact) mass is 311 g/mol. The standard InChI is InChI=1S/C16H22ClNO3/c1-4-7-15(19)18-13-9-8-11(10-14(13)21-6-3)16(20)12(17)5-2/h8-10,12H,4-7H2,1-3H3,(H,18,19). The summed E-state index contributed by atoms with van der Waals surface area (Å²) in [6.45, 7) is 6.10. The molecule has 1 amide bonds. The van der Waals surface area contributed by atoms with E-state index in [1.807, 2.05) is 20.8 Å². The Bertz CT molecular complexity index is 502. The van der Waals surface area contributed by atoms with Crippen molar-refractivity contribution in [3.63, 3.8) is 0 Å². The zero-order chi connectivity index (χ0) is 15.8. The summed E-state index contributed by atoms with van der Waals surface area (Å²) in [5.74, 6) is 0.292. The van der Waals surface area contributed by atoms with Crippen molar-refractivity contribution in [1.82, 2.24) is 0 Å². The van der Waals surface area contributed by atoms with Gasteiger partial charge in [0.1, 0.15) is 5.75 Å². The average molecular weight is 312 g/mol. The van der Waals surface area contributed by atoms with Crippen LogP contribution in [0.1, 0.15) is 50.4 Å². The van der Waals surface area contributed by atoms with Gasteiger partial charge in [0, 0.05) is 12.0 Å². The van der Waals surface area contributed by atoms with Crippen LogP contribution >= 0.6 is 11.6 Å². The van der Waals surface area contributed by atoms with Crippen LogP contribution < -0.4 is 10.1 Å². The predicted octanol–water partition coefficient (Wildman–Crippen LogP) is 4.02. The smallest absolute Gasteiger partial charge is 0.224 e. The van der Waals surface area contributed by atoms with E-state index in [-0.39, 0.29) is 11.7 Å². The number of halogens is 1. The molecular formula is C16H22ClNO3. The molecule has 0 aromatic heterocycles. The van der Waals surface area contributed by atoms with E-state index in [2.05, 4.69) is 5.32 Å². The number of carbonyl (C=O) groups excluding carboxylic acids is 2. The third kappa shape index (κ3) is 5.05. The molecule has 1 aromatic carbocycles. The van der Waals surface area contributed by atoms with Gasteiger partial charge in [-0.05, 0) is 38.0 Å². The van der Waals surface area contributed by atoms with E-state index in [1.54, 1.807) is 18.2 Å². The van der Waals surface area contributed by atoms with Gasteiger partial charge in [-0.2, -0.15) is 0 Å². The molecule has 0 bridgehead atoms. The Labute approximate surface area is 130 Å². The van der Waals surface area contributed by atoms with Crippen LogP contribution in [0.2, 0.25) is 0 Å². The first-order valence-corrected chi connectivity index (χ1v) is 7.72. The Balaban J connectivity index is 3.01. The SMILES string of the molecule is CCCC(=O)Nc1ccc(C(=O)C(Cl)CC)cc1OCC. The molecule has 1 unspecified atom stereocenters.